The first kappa shape index (κ1) is 18.3. The van der Waals surface area contributed by atoms with Crippen molar-refractivity contribution >= 4 is 28.5 Å². The smallest absolute Gasteiger partial charge is 0.343 e. The van der Waals surface area contributed by atoms with E-state index < -0.39 is 11.6 Å². The Balaban J connectivity index is 1.84. The number of benzene rings is 1. The Labute approximate surface area is 171 Å². The van der Waals surface area contributed by atoms with Crippen molar-refractivity contribution in [3.8, 4) is 11.4 Å². The largest absolute Gasteiger partial charge is 0.458 e. The summed E-state index contributed by atoms with van der Waals surface area (Å²) in [5, 5.41) is 12.4. The van der Waals surface area contributed by atoms with Gasteiger partial charge in [-0.2, -0.15) is 0 Å². The number of aliphatic hydroxyl groups is 1. The van der Waals surface area contributed by atoms with Crippen LogP contribution in [0.15, 0.2) is 29.1 Å². The van der Waals surface area contributed by atoms with Gasteiger partial charge in [0.25, 0.3) is 5.56 Å². The molecule has 6 nitrogen and oxygen atoms in total. The fourth-order valence-corrected chi connectivity index (χ4v) is 4.70. The molecule has 2 aromatic heterocycles. The monoisotopic (exact) mass is 410 g/mol. The molecule has 0 spiro atoms. The second-order valence-corrected chi connectivity index (χ2v) is 7.90. The molecule has 2 aliphatic heterocycles. The molecule has 3 aromatic rings. The molecule has 1 atom stereocenters. The average molecular weight is 411 g/mol. The Morgan fingerprint density at radius 3 is 2.79 bits per heavy atom. The number of cyclic esters (lactones) is 1. The van der Waals surface area contributed by atoms with Gasteiger partial charge in [-0.1, -0.05) is 43.6 Å². The molecule has 1 aromatic carbocycles. The van der Waals surface area contributed by atoms with Crippen molar-refractivity contribution in [1.29, 1.82) is 0 Å². The number of rotatable bonds is 2. The lowest BCUT2D eigenvalue weighted by Gasteiger charge is -2.31. The van der Waals surface area contributed by atoms with E-state index in [4.69, 9.17) is 21.3 Å². The van der Waals surface area contributed by atoms with E-state index in [0.717, 1.165) is 28.5 Å². The van der Waals surface area contributed by atoms with Gasteiger partial charge in [0.05, 0.1) is 34.0 Å². The molecular weight excluding hydrogens is 392 g/mol. The van der Waals surface area contributed by atoms with Gasteiger partial charge in [-0.15, -0.1) is 0 Å². The zero-order chi connectivity index (χ0) is 20.5. The third-order valence-corrected chi connectivity index (χ3v) is 6.54. The maximum atomic E-state index is 13.2. The Bertz CT molecular complexity index is 1280. The molecule has 0 bridgehead atoms. The van der Waals surface area contributed by atoms with E-state index in [1.165, 1.54) is 0 Å². The Morgan fingerprint density at radius 1 is 1.28 bits per heavy atom. The highest BCUT2D eigenvalue weighted by molar-refractivity contribution is 6.36. The molecule has 1 N–H and O–H groups in total. The van der Waals surface area contributed by atoms with E-state index in [-0.39, 0.29) is 18.6 Å². The molecule has 0 amide bonds. The lowest BCUT2D eigenvalue weighted by Crippen LogP contribution is -2.44. The summed E-state index contributed by atoms with van der Waals surface area (Å²) in [7, 11) is 0. The SMILES string of the molecule is CCc1cccc2c(Cl)c3c(nc12)-c1cc2c(c(=O)n1C3)COC(=O)[C@]2(O)CC. The number of hydrogen-bond acceptors (Lipinski definition) is 5. The van der Waals surface area contributed by atoms with Crippen molar-refractivity contribution in [3.05, 3.63) is 61.9 Å². The van der Waals surface area contributed by atoms with Crippen molar-refractivity contribution in [2.75, 3.05) is 0 Å². The highest BCUT2D eigenvalue weighted by atomic mass is 35.5. The van der Waals surface area contributed by atoms with Crippen LogP contribution in [0.25, 0.3) is 22.3 Å². The standard InChI is InChI=1S/C22H19ClN2O4/c1-3-11-6-5-7-12-17(23)13-9-25-16(19(13)24-18(11)12)8-15-14(20(25)26)10-29-21(27)22(15,28)4-2/h5-8,28H,3-4,9-10H2,1-2H3/t22-/m0/s1. The van der Waals surface area contributed by atoms with Crippen LogP contribution in [0.3, 0.4) is 0 Å². The second kappa shape index (κ2) is 6.15. The van der Waals surface area contributed by atoms with Crippen LogP contribution in [0.1, 0.15) is 42.5 Å². The molecule has 0 radical (unpaired) electrons. The van der Waals surface area contributed by atoms with E-state index in [1.807, 2.05) is 18.2 Å². The topological polar surface area (TPSA) is 81.4 Å². The number of pyridine rings is 2. The van der Waals surface area contributed by atoms with E-state index >= 15 is 0 Å². The summed E-state index contributed by atoms with van der Waals surface area (Å²) in [6, 6.07) is 7.61. The van der Waals surface area contributed by atoms with Gasteiger partial charge in [0.2, 0.25) is 0 Å². The molecule has 7 heteroatoms. The fourth-order valence-electron chi connectivity index (χ4n) is 4.40. The van der Waals surface area contributed by atoms with Crippen molar-refractivity contribution < 1.29 is 14.6 Å². The van der Waals surface area contributed by atoms with Crippen molar-refractivity contribution in [3.63, 3.8) is 0 Å². The number of para-hydroxylation sites is 1. The van der Waals surface area contributed by atoms with E-state index in [0.29, 0.717) is 34.1 Å². The zero-order valence-corrected chi connectivity index (χ0v) is 16.8. The third kappa shape index (κ3) is 2.30. The predicted molar refractivity (Wildman–Crippen MR) is 109 cm³/mol. The third-order valence-electron chi connectivity index (χ3n) is 6.11. The average Bonchev–Trinajstić information content (AvgIpc) is 3.10. The van der Waals surface area contributed by atoms with Crippen LogP contribution < -0.4 is 5.56 Å². The molecule has 0 unspecified atom stereocenters. The number of carbonyl (C=O) groups excluding carboxylic acids is 1. The molecule has 29 heavy (non-hydrogen) atoms. The Morgan fingerprint density at radius 2 is 2.07 bits per heavy atom. The van der Waals surface area contributed by atoms with Crippen LogP contribution in [-0.2, 0) is 34.7 Å². The fraction of sp³-hybridized carbons (Fsp3) is 0.318. The second-order valence-electron chi connectivity index (χ2n) is 7.52. The van der Waals surface area contributed by atoms with Gasteiger partial charge >= 0.3 is 5.97 Å². The van der Waals surface area contributed by atoms with Gasteiger partial charge < -0.3 is 14.4 Å². The highest BCUT2D eigenvalue weighted by Crippen LogP contribution is 2.41. The lowest BCUT2D eigenvalue weighted by molar-refractivity contribution is -0.172. The quantitative estimate of drug-likeness (QED) is 0.513. The highest BCUT2D eigenvalue weighted by Gasteiger charge is 2.45. The summed E-state index contributed by atoms with van der Waals surface area (Å²) >= 11 is 6.74. The molecule has 5 rings (SSSR count). The summed E-state index contributed by atoms with van der Waals surface area (Å²) in [6.07, 6.45) is 0.915. The number of hydrogen-bond donors (Lipinski definition) is 1. The van der Waals surface area contributed by atoms with E-state index in [9.17, 15) is 14.7 Å². The van der Waals surface area contributed by atoms with Crippen LogP contribution in [-0.4, -0.2) is 20.6 Å². The number of fused-ring (bicyclic) bond motifs is 5. The van der Waals surface area contributed by atoms with Crippen LogP contribution >= 0.6 is 11.6 Å². The Kier molecular flexibility index (Phi) is 3.89. The van der Waals surface area contributed by atoms with E-state index in [1.54, 1.807) is 17.6 Å². The molecule has 0 saturated heterocycles. The molecule has 0 aliphatic carbocycles. The number of halogens is 1. The first-order valence-electron chi connectivity index (χ1n) is 9.67. The summed E-state index contributed by atoms with van der Waals surface area (Å²) < 4.78 is 6.70. The number of esters is 1. The number of aryl methyl sites for hydroxylation is 1. The van der Waals surface area contributed by atoms with Crippen LogP contribution in [0.5, 0.6) is 0 Å². The van der Waals surface area contributed by atoms with E-state index in [2.05, 4.69) is 6.92 Å². The summed E-state index contributed by atoms with van der Waals surface area (Å²) in [5.41, 5.74) is 2.34. The van der Waals surface area contributed by atoms with Crippen LogP contribution in [0.4, 0.5) is 0 Å². The van der Waals surface area contributed by atoms with Crippen molar-refractivity contribution in [1.82, 2.24) is 9.55 Å². The van der Waals surface area contributed by atoms with Crippen molar-refractivity contribution in [2.45, 2.75) is 45.4 Å². The molecule has 148 valence electrons. The number of nitrogens with zero attached hydrogens (tertiary/aromatic N) is 2. The van der Waals surface area contributed by atoms with Gasteiger partial charge in [-0.05, 0) is 24.5 Å². The van der Waals surface area contributed by atoms with Gasteiger partial charge in [0.15, 0.2) is 5.60 Å². The maximum Gasteiger partial charge on any atom is 0.343 e. The minimum absolute atomic E-state index is 0.112. The summed E-state index contributed by atoms with van der Waals surface area (Å²) in [6.45, 7) is 3.90. The minimum atomic E-state index is -1.83. The Hall–Kier alpha value is -2.70. The number of ether oxygens (including phenoxy) is 1. The lowest BCUT2D eigenvalue weighted by atomic mass is 9.86. The van der Waals surface area contributed by atoms with Gasteiger partial charge in [-0.3, -0.25) is 4.79 Å². The van der Waals surface area contributed by atoms with Gasteiger partial charge in [-0.25, -0.2) is 9.78 Å². The first-order valence-corrected chi connectivity index (χ1v) is 10.1. The van der Waals surface area contributed by atoms with Crippen molar-refractivity contribution in [2.24, 2.45) is 0 Å². The molecular formula is C22H19ClN2O4. The first-order chi connectivity index (χ1) is 13.9. The normalized spacial score (nSPS) is 19.7. The number of carbonyl (C=O) groups is 1. The molecule has 4 heterocycles. The van der Waals surface area contributed by atoms with Crippen LogP contribution in [0.2, 0.25) is 5.02 Å². The summed E-state index contributed by atoms with van der Waals surface area (Å²) in [5.74, 6) is -0.729. The predicted octanol–water partition coefficient (Wildman–Crippen LogP) is 3.30. The maximum absolute atomic E-state index is 13.2. The van der Waals surface area contributed by atoms with Gasteiger partial charge in [0, 0.05) is 16.5 Å². The van der Waals surface area contributed by atoms with Crippen LogP contribution in [0, 0.1) is 0 Å². The molecule has 0 saturated carbocycles. The zero-order valence-electron chi connectivity index (χ0n) is 16.1. The van der Waals surface area contributed by atoms with Gasteiger partial charge in [0.1, 0.15) is 6.61 Å². The summed E-state index contributed by atoms with van der Waals surface area (Å²) in [4.78, 5) is 30.3. The minimum Gasteiger partial charge on any atom is -0.458 e. The number of aromatic nitrogens is 2. The molecule has 0 fully saturated rings. The molecule has 2 aliphatic rings.